The lowest BCUT2D eigenvalue weighted by Crippen LogP contribution is -2.23. The van der Waals surface area contributed by atoms with Crippen LogP contribution in [0, 0.1) is 17.0 Å². The number of aliphatic hydroxyl groups excluding tert-OH is 1. The zero-order valence-corrected chi connectivity index (χ0v) is 12.9. The summed E-state index contributed by atoms with van der Waals surface area (Å²) >= 11 is 1.59. The highest BCUT2D eigenvalue weighted by Crippen LogP contribution is 2.24. The highest BCUT2D eigenvalue weighted by atomic mass is 32.1. The summed E-state index contributed by atoms with van der Waals surface area (Å²) in [6, 6.07) is 8.29. The van der Waals surface area contributed by atoms with Crippen molar-refractivity contribution in [2.75, 3.05) is 13.2 Å². The molecule has 6 nitrogen and oxygen atoms in total. The van der Waals surface area contributed by atoms with Crippen LogP contribution < -0.4 is 4.74 Å². The Hall–Kier alpha value is -1.96. The highest BCUT2D eigenvalue weighted by Gasteiger charge is 2.12. The molecule has 0 spiro atoms. The number of hydrogen-bond donors (Lipinski definition) is 1. The predicted molar refractivity (Wildman–Crippen MR) is 83.3 cm³/mol. The van der Waals surface area contributed by atoms with Crippen LogP contribution in [-0.2, 0) is 11.3 Å². The van der Waals surface area contributed by atoms with Crippen molar-refractivity contribution in [1.29, 1.82) is 0 Å². The SMILES string of the molecule is Cc1ccc([N+](=O)[O-])cc1OCC(O)COCc1cccs1. The highest BCUT2D eigenvalue weighted by molar-refractivity contribution is 7.09. The van der Waals surface area contributed by atoms with E-state index in [2.05, 4.69) is 0 Å². The van der Waals surface area contributed by atoms with Crippen molar-refractivity contribution >= 4 is 17.0 Å². The molecule has 1 aromatic carbocycles. The van der Waals surface area contributed by atoms with Gasteiger partial charge in [0.05, 0.1) is 24.2 Å². The van der Waals surface area contributed by atoms with E-state index in [-0.39, 0.29) is 18.9 Å². The van der Waals surface area contributed by atoms with Crippen molar-refractivity contribution in [3.63, 3.8) is 0 Å². The van der Waals surface area contributed by atoms with Gasteiger partial charge in [0.15, 0.2) is 0 Å². The molecule has 0 saturated heterocycles. The molecule has 0 aliphatic carbocycles. The number of aliphatic hydroxyl groups is 1. The number of thiophene rings is 1. The Labute approximate surface area is 132 Å². The Bertz CT molecular complexity index is 614. The molecule has 1 heterocycles. The summed E-state index contributed by atoms with van der Waals surface area (Å²) < 4.78 is 10.8. The minimum atomic E-state index is -0.793. The third kappa shape index (κ3) is 4.80. The Balaban J connectivity index is 1.79. The van der Waals surface area contributed by atoms with Gasteiger partial charge in [0.25, 0.3) is 5.69 Å². The minimum Gasteiger partial charge on any atom is -0.490 e. The van der Waals surface area contributed by atoms with Gasteiger partial charge in [0.2, 0.25) is 0 Å². The first kappa shape index (κ1) is 16.4. The molecule has 0 aliphatic heterocycles. The summed E-state index contributed by atoms with van der Waals surface area (Å²) in [4.78, 5) is 11.3. The number of nitrogens with zero attached hydrogens (tertiary/aromatic N) is 1. The van der Waals surface area contributed by atoms with Gasteiger partial charge in [-0.25, -0.2) is 0 Å². The molecule has 0 amide bonds. The molecule has 0 radical (unpaired) electrons. The lowest BCUT2D eigenvalue weighted by Gasteiger charge is -2.13. The van der Waals surface area contributed by atoms with Gasteiger partial charge in [0, 0.05) is 10.9 Å². The van der Waals surface area contributed by atoms with Crippen molar-refractivity contribution in [1.82, 2.24) is 0 Å². The molecule has 0 saturated carbocycles. The molecular weight excluding hydrogens is 306 g/mol. The molecule has 118 valence electrons. The molecule has 1 unspecified atom stereocenters. The largest absolute Gasteiger partial charge is 0.490 e. The van der Waals surface area contributed by atoms with E-state index < -0.39 is 11.0 Å². The Morgan fingerprint density at radius 3 is 2.86 bits per heavy atom. The van der Waals surface area contributed by atoms with Crippen LogP contribution in [0.5, 0.6) is 5.75 Å². The molecule has 0 bridgehead atoms. The topological polar surface area (TPSA) is 81.8 Å². The van der Waals surface area contributed by atoms with Gasteiger partial charge in [-0.15, -0.1) is 11.3 Å². The monoisotopic (exact) mass is 323 g/mol. The van der Waals surface area contributed by atoms with Crippen LogP contribution in [0.3, 0.4) is 0 Å². The van der Waals surface area contributed by atoms with E-state index in [1.54, 1.807) is 24.3 Å². The Kier molecular flexibility index (Phi) is 5.88. The van der Waals surface area contributed by atoms with Crippen LogP contribution in [-0.4, -0.2) is 29.3 Å². The van der Waals surface area contributed by atoms with Gasteiger partial charge in [-0.2, -0.15) is 0 Å². The average Bonchev–Trinajstić information content (AvgIpc) is 2.99. The number of rotatable bonds is 8. The number of benzene rings is 1. The first-order valence-corrected chi connectivity index (χ1v) is 7.60. The molecule has 2 rings (SSSR count). The zero-order chi connectivity index (χ0) is 15.9. The molecule has 1 atom stereocenters. The first-order chi connectivity index (χ1) is 10.6. The molecular formula is C15H17NO5S. The van der Waals surface area contributed by atoms with Crippen LogP contribution in [0.25, 0.3) is 0 Å². The van der Waals surface area contributed by atoms with Gasteiger partial charge in [0.1, 0.15) is 18.5 Å². The van der Waals surface area contributed by atoms with Crippen molar-refractivity contribution in [3.8, 4) is 5.75 Å². The van der Waals surface area contributed by atoms with Crippen LogP contribution in [0.2, 0.25) is 0 Å². The van der Waals surface area contributed by atoms with Gasteiger partial charge in [-0.05, 0) is 30.0 Å². The molecule has 0 aliphatic rings. The lowest BCUT2D eigenvalue weighted by atomic mass is 10.2. The second kappa shape index (κ2) is 7.88. The smallest absolute Gasteiger partial charge is 0.273 e. The first-order valence-electron chi connectivity index (χ1n) is 6.72. The average molecular weight is 323 g/mol. The van der Waals surface area contributed by atoms with Crippen molar-refractivity contribution in [3.05, 3.63) is 56.3 Å². The standard InChI is InChI=1S/C15H17NO5S/c1-11-4-5-12(16(18)19)7-15(11)21-9-13(17)8-20-10-14-3-2-6-22-14/h2-7,13,17H,8-10H2,1H3. The van der Waals surface area contributed by atoms with Gasteiger partial charge in [-0.1, -0.05) is 6.07 Å². The maximum atomic E-state index is 10.7. The molecule has 22 heavy (non-hydrogen) atoms. The second-order valence-electron chi connectivity index (χ2n) is 4.77. The summed E-state index contributed by atoms with van der Waals surface area (Å²) in [6.07, 6.45) is -0.793. The summed E-state index contributed by atoms with van der Waals surface area (Å²) in [7, 11) is 0. The third-order valence-corrected chi connectivity index (χ3v) is 3.80. The minimum absolute atomic E-state index is 0.0203. The Morgan fingerprint density at radius 2 is 2.18 bits per heavy atom. The number of aryl methyl sites for hydroxylation is 1. The van der Waals surface area contributed by atoms with Crippen molar-refractivity contribution in [2.24, 2.45) is 0 Å². The molecule has 1 aromatic heterocycles. The van der Waals surface area contributed by atoms with Gasteiger partial charge < -0.3 is 14.6 Å². The lowest BCUT2D eigenvalue weighted by molar-refractivity contribution is -0.385. The maximum absolute atomic E-state index is 10.7. The fraction of sp³-hybridized carbons (Fsp3) is 0.333. The molecule has 1 N–H and O–H groups in total. The van der Waals surface area contributed by atoms with E-state index in [1.807, 2.05) is 17.5 Å². The maximum Gasteiger partial charge on any atom is 0.273 e. The normalized spacial score (nSPS) is 12.1. The number of ether oxygens (including phenoxy) is 2. The van der Waals surface area contributed by atoms with Crippen molar-refractivity contribution < 1.29 is 19.5 Å². The van der Waals surface area contributed by atoms with Crippen LogP contribution in [0.4, 0.5) is 5.69 Å². The fourth-order valence-corrected chi connectivity index (χ4v) is 2.42. The van der Waals surface area contributed by atoms with Crippen LogP contribution in [0.15, 0.2) is 35.7 Å². The van der Waals surface area contributed by atoms with E-state index in [0.717, 1.165) is 10.4 Å². The number of nitro benzene ring substituents is 1. The van der Waals surface area contributed by atoms with E-state index in [1.165, 1.54) is 12.1 Å². The quantitative estimate of drug-likeness (QED) is 0.596. The number of hydrogen-bond acceptors (Lipinski definition) is 6. The number of nitro groups is 1. The van der Waals surface area contributed by atoms with E-state index in [0.29, 0.717) is 12.4 Å². The summed E-state index contributed by atoms with van der Waals surface area (Å²) in [6.45, 7) is 2.40. The summed E-state index contributed by atoms with van der Waals surface area (Å²) in [5.74, 6) is 0.395. The van der Waals surface area contributed by atoms with Crippen LogP contribution >= 0.6 is 11.3 Å². The van der Waals surface area contributed by atoms with E-state index in [4.69, 9.17) is 9.47 Å². The van der Waals surface area contributed by atoms with Gasteiger partial charge >= 0.3 is 0 Å². The van der Waals surface area contributed by atoms with Crippen LogP contribution in [0.1, 0.15) is 10.4 Å². The van der Waals surface area contributed by atoms with Crippen molar-refractivity contribution in [2.45, 2.75) is 19.6 Å². The number of non-ortho nitro benzene ring substituents is 1. The third-order valence-electron chi connectivity index (χ3n) is 2.95. The molecule has 2 aromatic rings. The summed E-state index contributed by atoms with van der Waals surface area (Å²) in [5, 5.41) is 22.5. The van der Waals surface area contributed by atoms with E-state index >= 15 is 0 Å². The molecule has 0 fully saturated rings. The summed E-state index contributed by atoms with van der Waals surface area (Å²) in [5.41, 5.74) is 0.737. The van der Waals surface area contributed by atoms with E-state index in [9.17, 15) is 15.2 Å². The fourth-order valence-electron chi connectivity index (χ4n) is 1.78. The zero-order valence-electron chi connectivity index (χ0n) is 12.1. The second-order valence-corrected chi connectivity index (χ2v) is 5.80. The predicted octanol–water partition coefficient (Wildman–Crippen LogP) is 2.92. The Morgan fingerprint density at radius 1 is 1.36 bits per heavy atom. The van der Waals surface area contributed by atoms with Gasteiger partial charge in [-0.3, -0.25) is 10.1 Å². The molecule has 7 heteroatoms.